The van der Waals surface area contributed by atoms with Gasteiger partial charge in [-0.15, -0.1) is 0 Å². The fourth-order valence-corrected chi connectivity index (χ4v) is 2.91. The molecule has 0 spiro atoms. The Balaban J connectivity index is 2.23. The van der Waals surface area contributed by atoms with E-state index >= 15 is 0 Å². The van der Waals surface area contributed by atoms with Crippen LogP contribution in [-0.2, 0) is 14.3 Å². The first kappa shape index (κ1) is 14.3. The first-order valence-corrected chi connectivity index (χ1v) is 7.19. The SMILES string of the molecule is CCOC(=O)C12C=Cc3ccccc3N1C(=O)N(CC)C2=O. The van der Waals surface area contributed by atoms with E-state index in [0.717, 1.165) is 10.5 Å². The molecule has 22 heavy (non-hydrogen) atoms. The molecule has 1 unspecified atom stereocenters. The van der Waals surface area contributed by atoms with Crippen LogP contribution in [-0.4, -0.2) is 41.5 Å². The standard InChI is InChI=1S/C16H16N2O4/c1-3-17-13(19)16(14(20)22-4-2)10-9-11-7-5-6-8-12(11)18(16)15(17)21/h5-10H,3-4H2,1-2H3. The Morgan fingerprint density at radius 3 is 2.64 bits per heavy atom. The molecule has 3 rings (SSSR count). The Hall–Kier alpha value is -2.63. The number of urea groups is 1. The zero-order valence-corrected chi connectivity index (χ0v) is 12.4. The lowest BCUT2D eigenvalue weighted by atomic mass is 9.91. The van der Waals surface area contributed by atoms with Gasteiger partial charge in [0.25, 0.3) is 5.91 Å². The summed E-state index contributed by atoms with van der Waals surface area (Å²) in [5.74, 6) is -1.29. The molecule has 0 aromatic heterocycles. The summed E-state index contributed by atoms with van der Waals surface area (Å²) in [4.78, 5) is 40.2. The molecule has 1 fully saturated rings. The first-order valence-electron chi connectivity index (χ1n) is 7.19. The predicted molar refractivity (Wildman–Crippen MR) is 80.1 cm³/mol. The highest BCUT2D eigenvalue weighted by molar-refractivity contribution is 6.29. The second-order valence-electron chi connectivity index (χ2n) is 5.05. The summed E-state index contributed by atoms with van der Waals surface area (Å²) in [7, 11) is 0. The van der Waals surface area contributed by atoms with E-state index in [2.05, 4.69) is 0 Å². The minimum Gasteiger partial charge on any atom is -0.464 e. The summed E-state index contributed by atoms with van der Waals surface area (Å²) < 4.78 is 5.08. The number of anilines is 1. The number of carbonyl (C=O) groups excluding carboxylic acids is 3. The molecule has 0 saturated carbocycles. The topological polar surface area (TPSA) is 66.9 Å². The Morgan fingerprint density at radius 2 is 1.95 bits per heavy atom. The van der Waals surface area contributed by atoms with Crippen molar-refractivity contribution in [3.05, 3.63) is 35.9 Å². The van der Waals surface area contributed by atoms with Gasteiger partial charge in [0.2, 0.25) is 5.54 Å². The van der Waals surface area contributed by atoms with Crippen molar-refractivity contribution in [1.29, 1.82) is 0 Å². The number of benzene rings is 1. The monoisotopic (exact) mass is 300 g/mol. The van der Waals surface area contributed by atoms with Crippen LogP contribution in [0, 0.1) is 0 Å². The number of imide groups is 1. The quantitative estimate of drug-likeness (QED) is 0.485. The van der Waals surface area contributed by atoms with Crippen molar-refractivity contribution < 1.29 is 19.1 Å². The van der Waals surface area contributed by atoms with Gasteiger partial charge in [-0.1, -0.05) is 24.3 Å². The van der Waals surface area contributed by atoms with Crippen molar-refractivity contribution in [2.45, 2.75) is 19.4 Å². The van der Waals surface area contributed by atoms with E-state index in [0.29, 0.717) is 5.69 Å². The van der Waals surface area contributed by atoms with E-state index < -0.39 is 23.4 Å². The lowest BCUT2D eigenvalue weighted by Crippen LogP contribution is -2.56. The summed E-state index contributed by atoms with van der Waals surface area (Å²) in [5.41, 5.74) is -0.411. The number of hydrogen-bond acceptors (Lipinski definition) is 4. The molecule has 2 aliphatic rings. The fraction of sp³-hybridized carbons (Fsp3) is 0.312. The van der Waals surface area contributed by atoms with Crippen LogP contribution in [0.3, 0.4) is 0 Å². The summed E-state index contributed by atoms with van der Waals surface area (Å²) in [6, 6.07) is 6.64. The van der Waals surface area contributed by atoms with Crippen molar-refractivity contribution in [1.82, 2.24) is 4.90 Å². The van der Waals surface area contributed by atoms with Crippen molar-refractivity contribution in [2.24, 2.45) is 0 Å². The molecule has 1 aromatic rings. The molecular weight excluding hydrogens is 284 g/mol. The van der Waals surface area contributed by atoms with E-state index in [1.165, 1.54) is 11.0 Å². The molecule has 2 aliphatic heterocycles. The normalized spacial score (nSPS) is 22.6. The van der Waals surface area contributed by atoms with Crippen LogP contribution in [0.15, 0.2) is 30.3 Å². The molecule has 6 heteroatoms. The first-order chi connectivity index (χ1) is 10.6. The number of esters is 1. The van der Waals surface area contributed by atoms with Crippen LogP contribution < -0.4 is 4.90 Å². The predicted octanol–water partition coefficient (Wildman–Crippen LogP) is 1.80. The van der Waals surface area contributed by atoms with E-state index in [-0.39, 0.29) is 13.2 Å². The van der Waals surface area contributed by atoms with E-state index in [1.807, 2.05) is 12.1 Å². The highest BCUT2D eigenvalue weighted by atomic mass is 16.5. The molecule has 3 amide bonds. The zero-order chi connectivity index (χ0) is 15.9. The molecule has 1 saturated heterocycles. The maximum absolute atomic E-state index is 12.7. The van der Waals surface area contributed by atoms with E-state index in [1.54, 1.807) is 32.1 Å². The molecular formula is C16H16N2O4. The van der Waals surface area contributed by atoms with Crippen molar-refractivity contribution in [3.8, 4) is 0 Å². The average Bonchev–Trinajstić information content (AvgIpc) is 2.76. The molecule has 0 radical (unpaired) electrons. The number of nitrogens with zero attached hydrogens (tertiary/aromatic N) is 2. The minimum atomic E-state index is -1.72. The van der Waals surface area contributed by atoms with Gasteiger partial charge in [0.15, 0.2) is 0 Å². The summed E-state index contributed by atoms with van der Waals surface area (Å²) in [6.45, 7) is 3.70. The van der Waals surface area contributed by atoms with E-state index in [9.17, 15) is 14.4 Å². The van der Waals surface area contributed by atoms with Gasteiger partial charge in [-0.2, -0.15) is 0 Å². The van der Waals surface area contributed by atoms with Crippen molar-refractivity contribution in [2.75, 3.05) is 18.1 Å². The molecule has 0 N–H and O–H groups in total. The smallest absolute Gasteiger partial charge is 0.346 e. The van der Waals surface area contributed by atoms with Gasteiger partial charge < -0.3 is 4.74 Å². The Morgan fingerprint density at radius 1 is 1.23 bits per heavy atom. The zero-order valence-electron chi connectivity index (χ0n) is 12.4. The fourth-order valence-electron chi connectivity index (χ4n) is 2.91. The Bertz CT molecular complexity index is 697. The third kappa shape index (κ3) is 1.63. The maximum Gasteiger partial charge on any atom is 0.346 e. The highest BCUT2D eigenvalue weighted by Crippen LogP contribution is 2.41. The molecule has 1 aromatic carbocycles. The second kappa shape index (κ2) is 4.98. The van der Waals surface area contributed by atoms with Crippen molar-refractivity contribution in [3.63, 3.8) is 0 Å². The summed E-state index contributed by atoms with van der Waals surface area (Å²) in [6.07, 6.45) is 3.15. The number of amides is 3. The van der Waals surface area contributed by atoms with Gasteiger partial charge in [0, 0.05) is 6.54 Å². The Labute approximate surface area is 127 Å². The average molecular weight is 300 g/mol. The van der Waals surface area contributed by atoms with Gasteiger partial charge in [-0.05, 0) is 31.6 Å². The molecule has 0 bridgehead atoms. The number of rotatable bonds is 3. The lowest BCUT2D eigenvalue weighted by molar-refractivity contribution is -0.152. The summed E-state index contributed by atoms with van der Waals surface area (Å²) in [5, 5.41) is 0. The largest absolute Gasteiger partial charge is 0.464 e. The Kier molecular flexibility index (Phi) is 3.24. The maximum atomic E-state index is 12.7. The number of para-hydroxylation sites is 1. The summed E-state index contributed by atoms with van der Waals surface area (Å²) >= 11 is 0. The molecule has 114 valence electrons. The second-order valence-corrected chi connectivity index (χ2v) is 5.05. The number of likely N-dealkylation sites (N-methyl/N-ethyl adjacent to an activating group) is 1. The third-order valence-electron chi connectivity index (χ3n) is 3.93. The van der Waals surface area contributed by atoms with Gasteiger partial charge in [0.1, 0.15) is 0 Å². The lowest BCUT2D eigenvalue weighted by Gasteiger charge is -2.34. The van der Waals surface area contributed by atoms with Crippen LogP contribution in [0.2, 0.25) is 0 Å². The number of carbonyl (C=O) groups is 3. The molecule has 0 aliphatic carbocycles. The van der Waals surface area contributed by atoms with Crippen LogP contribution >= 0.6 is 0 Å². The van der Waals surface area contributed by atoms with E-state index in [4.69, 9.17) is 4.74 Å². The van der Waals surface area contributed by atoms with Crippen LogP contribution in [0.5, 0.6) is 0 Å². The molecule has 6 nitrogen and oxygen atoms in total. The van der Waals surface area contributed by atoms with Gasteiger partial charge in [-0.25, -0.2) is 9.59 Å². The van der Waals surface area contributed by atoms with Crippen molar-refractivity contribution >= 4 is 29.7 Å². The van der Waals surface area contributed by atoms with Gasteiger partial charge >= 0.3 is 12.0 Å². The third-order valence-corrected chi connectivity index (χ3v) is 3.93. The van der Waals surface area contributed by atoms with Crippen LogP contribution in [0.25, 0.3) is 6.08 Å². The number of hydrogen-bond donors (Lipinski definition) is 0. The highest BCUT2D eigenvalue weighted by Gasteiger charge is 2.63. The molecule has 1 atom stereocenters. The van der Waals surface area contributed by atoms with Crippen LogP contribution in [0.1, 0.15) is 19.4 Å². The van der Waals surface area contributed by atoms with Gasteiger partial charge in [0.05, 0.1) is 12.3 Å². The molecule has 2 heterocycles. The number of fused-ring (bicyclic) bond motifs is 3. The number of ether oxygens (including phenoxy) is 1. The van der Waals surface area contributed by atoms with Crippen LogP contribution in [0.4, 0.5) is 10.5 Å². The minimum absolute atomic E-state index is 0.136. The van der Waals surface area contributed by atoms with Gasteiger partial charge in [-0.3, -0.25) is 14.6 Å².